The topological polar surface area (TPSA) is 74.5 Å². The molecule has 1 aromatic heterocycles. The number of carbonyl (C=O) groups is 1. The standard InChI is InChI=1S/C17H22N2O3/c1-12(11-20)13(2)19-17(21)15-7-3-4-8-16(15)18-10-14-6-5-9-22-14/h3-9,12-13,18,20H,10-11H2,1-2H3,(H,19,21). The second kappa shape index (κ2) is 7.66. The number of furan rings is 1. The smallest absolute Gasteiger partial charge is 0.253 e. The van der Waals surface area contributed by atoms with Crippen molar-refractivity contribution in [3.8, 4) is 0 Å². The van der Waals surface area contributed by atoms with Crippen molar-refractivity contribution in [2.24, 2.45) is 5.92 Å². The number of nitrogens with one attached hydrogen (secondary N) is 2. The SMILES string of the molecule is CC(CO)C(C)NC(=O)c1ccccc1NCc1ccco1. The second-order valence-electron chi connectivity index (χ2n) is 5.40. The molecule has 5 nitrogen and oxygen atoms in total. The molecular weight excluding hydrogens is 280 g/mol. The second-order valence-corrected chi connectivity index (χ2v) is 5.40. The molecule has 0 bridgehead atoms. The summed E-state index contributed by atoms with van der Waals surface area (Å²) in [5, 5.41) is 15.3. The highest BCUT2D eigenvalue weighted by atomic mass is 16.3. The van der Waals surface area contributed by atoms with Gasteiger partial charge in [-0.3, -0.25) is 4.79 Å². The Balaban J connectivity index is 2.05. The predicted octanol–water partition coefficient (Wildman–Crippen LogP) is 2.64. The molecule has 2 rings (SSSR count). The van der Waals surface area contributed by atoms with Crippen LogP contribution in [0.4, 0.5) is 5.69 Å². The number of para-hydroxylation sites is 1. The van der Waals surface area contributed by atoms with E-state index in [1.54, 1.807) is 12.3 Å². The maximum absolute atomic E-state index is 12.4. The predicted molar refractivity (Wildman–Crippen MR) is 85.7 cm³/mol. The Morgan fingerprint density at radius 1 is 1.23 bits per heavy atom. The molecule has 0 saturated heterocycles. The third-order valence-electron chi connectivity index (χ3n) is 3.71. The van der Waals surface area contributed by atoms with Gasteiger partial charge in [-0.15, -0.1) is 0 Å². The zero-order chi connectivity index (χ0) is 15.9. The molecule has 0 radical (unpaired) electrons. The normalized spacial score (nSPS) is 13.4. The van der Waals surface area contributed by atoms with E-state index in [1.165, 1.54) is 0 Å². The number of amides is 1. The van der Waals surface area contributed by atoms with Crippen molar-refractivity contribution in [1.29, 1.82) is 0 Å². The lowest BCUT2D eigenvalue weighted by Gasteiger charge is -2.20. The fourth-order valence-corrected chi connectivity index (χ4v) is 2.02. The molecule has 1 heterocycles. The van der Waals surface area contributed by atoms with E-state index < -0.39 is 0 Å². The van der Waals surface area contributed by atoms with Crippen LogP contribution in [0.15, 0.2) is 47.1 Å². The minimum atomic E-state index is -0.157. The van der Waals surface area contributed by atoms with Crippen molar-refractivity contribution in [3.05, 3.63) is 54.0 Å². The molecule has 0 saturated carbocycles. The van der Waals surface area contributed by atoms with Gasteiger partial charge in [-0.1, -0.05) is 19.1 Å². The Morgan fingerprint density at radius 2 is 2.00 bits per heavy atom. The summed E-state index contributed by atoms with van der Waals surface area (Å²) in [7, 11) is 0. The van der Waals surface area contributed by atoms with Gasteiger partial charge in [0.1, 0.15) is 5.76 Å². The number of benzene rings is 1. The van der Waals surface area contributed by atoms with Crippen LogP contribution in [0.1, 0.15) is 30.0 Å². The van der Waals surface area contributed by atoms with Crippen molar-refractivity contribution >= 4 is 11.6 Å². The van der Waals surface area contributed by atoms with E-state index in [4.69, 9.17) is 9.52 Å². The van der Waals surface area contributed by atoms with Crippen LogP contribution in [-0.4, -0.2) is 23.7 Å². The van der Waals surface area contributed by atoms with Gasteiger partial charge < -0.3 is 20.2 Å². The van der Waals surface area contributed by atoms with Crippen LogP contribution in [0.2, 0.25) is 0 Å². The zero-order valence-electron chi connectivity index (χ0n) is 12.9. The van der Waals surface area contributed by atoms with Gasteiger partial charge in [0.15, 0.2) is 0 Å². The number of carbonyl (C=O) groups excluding carboxylic acids is 1. The molecule has 118 valence electrons. The van der Waals surface area contributed by atoms with E-state index in [2.05, 4.69) is 10.6 Å². The Kier molecular flexibility index (Phi) is 5.61. The van der Waals surface area contributed by atoms with Crippen LogP contribution >= 0.6 is 0 Å². The molecule has 0 spiro atoms. The van der Waals surface area contributed by atoms with Crippen LogP contribution in [0.5, 0.6) is 0 Å². The molecular formula is C17H22N2O3. The zero-order valence-corrected chi connectivity index (χ0v) is 12.9. The molecule has 0 aliphatic carbocycles. The Morgan fingerprint density at radius 3 is 2.68 bits per heavy atom. The maximum Gasteiger partial charge on any atom is 0.253 e. The number of hydrogen-bond acceptors (Lipinski definition) is 4. The van der Waals surface area contributed by atoms with E-state index in [0.717, 1.165) is 11.4 Å². The first-order valence-corrected chi connectivity index (χ1v) is 7.38. The van der Waals surface area contributed by atoms with E-state index in [9.17, 15) is 4.79 Å². The lowest BCUT2D eigenvalue weighted by Crippen LogP contribution is -2.38. The van der Waals surface area contributed by atoms with Gasteiger partial charge in [0.2, 0.25) is 0 Å². The summed E-state index contributed by atoms with van der Waals surface area (Å²) in [5.74, 6) is 0.653. The van der Waals surface area contributed by atoms with Gasteiger partial charge in [-0.25, -0.2) is 0 Å². The largest absolute Gasteiger partial charge is 0.467 e. The summed E-state index contributed by atoms with van der Waals surface area (Å²) >= 11 is 0. The van der Waals surface area contributed by atoms with Gasteiger partial charge in [0.25, 0.3) is 5.91 Å². The molecule has 2 aromatic rings. The van der Waals surface area contributed by atoms with E-state index in [0.29, 0.717) is 12.1 Å². The molecule has 22 heavy (non-hydrogen) atoms. The van der Waals surface area contributed by atoms with Gasteiger partial charge in [-0.05, 0) is 37.1 Å². The fourth-order valence-electron chi connectivity index (χ4n) is 2.02. The van der Waals surface area contributed by atoms with E-state index in [-0.39, 0.29) is 24.5 Å². The van der Waals surface area contributed by atoms with Crippen LogP contribution in [0.25, 0.3) is 0 Å². The minimum Gasteiger partial charge on any atom is -0.467 e. The lowest BCUT2D eigenvalue weighted by atomic mass is 10.0. The number of hydrogen-bond donors (Lipinski definition) is 3. The van der Waals surface area contributed by atoms with Crippen molar-refractivity contribution in [3.63, 3.8) is 0 Å². The highest BCUT2D eigenvalue weighted by Crippen LogP contribution is 2.17. The minimum absolute atomic E-state index is 0.00666. The van der Waals surface area contributed by atoms with E-state index >= 15 is 0 Å². The molecule has 0 fully saturated rings. The number of anilines is 1. The van der Waals surface area contributed by atoms with Gasteiger partial charge in [0, 0.05) is 18.3 Å². The van der Waals surface area contributed by atoms with Crippen molar-refractivity contribution in [2.75, 3.05) is 11.9 Å². The summed E-state index contributed by atoms with van der Waals surface area (Å²) < 4.78 is 5.28. The quantitative estimate of drug-likeness (QED) is 0.735. The monoisotopic (exact) mass is 302 g/mol. The molecule has 0 aliphatic heterocycles. The van der Waals surface area contributed by atoms with Crippen LogP contribution < -0.4 is 10.6 Å². The molecule has 0 aliphatic rings. The molecule has 1 amide bonds. The summed E-state index contributed by atoms with van der Waals surface area (Å²) in [6.45, 7) is 4.34. The number of rotatable bonds is 7. The van der Waals surface area contributed by atoms with Crippen LogP contribution in [0, 0.1) is 5.92 Å². The Hall–Kier alpha value is -2.27. The Labute approximate surface area is 130 Å². The third kappa shape index (κ3) is 4.11. The average Bonchev–Trinajstić information content (AvgIpc) is 3.05. The van der Waals surface area contributed by atoms with E-state index in [1.807, 2.05) is 44.2 Å². The first kappa shape index (κ1) is 16.1. The fraction of sp³-hybridized carbons (Fsp3) is 0.353. The Bertz CT molecular complexity index is 596. The van der Waals surface area contributed by atoms with Crippen molar-refractivity contribution in [2.45, 2.75) is 26.4 Å². The summed E-state index contributed by atoms with van der Waals surface area (Å²) in [4.78, 5) is 12.4. The first-order valence-electron chi connectivity index (χ1n) is 7.38. The molecule has 3 N–H and O–H groups in total. The molecule has 1 aromatic carbocycles. The summed E-state index contributed by atoms with van der Waals surface area (Å²) in [6, 6.07) is 10.9. The lowest BCUT2D eigenvalue weighted by molar-refractivity contribution is 0.0917. The maximum atomic E-state index is 12.4. The van der Waals surface area contributed by atoms with Crippen molar-refractivity contribution in [1.82, 2.24) is 5.32 Å². The van der Waals surface area contributed by atoms with Crippen molar-refractivity contribution < 1.29 is 14.3 Å². The molecule has 2 atom stereocenters. The highest BCUT2D eigenvalue weighted by Gasteiger charge is 2.17. The number of aliphatic hydroxyl groups excluding tert-OH is 1. The first-order chi connectivity index (χ1) is 10.6. The average molecular weight is 302 g/mol. The van der Waals surface area contributed by atoms with Gasteiger partial charge in [-0.2, -0.15) is 0 Å². The van der Waals surface area contributed by atoms with Crippen LogP contribution in [0.3, 0.4) is 0 Å². The number of aliphatic hydroxyl groups is 1. The summed E-state index contributed by atoms with van der Waals surface area (Å²) in [5.41, 5.74) is 1.33. The third-order valence-corrected chi connectivity index (χ3v) is 3.71. The highest BCUT2D eigenvalue weighted by molar-refractivity contribution is 5.99. The summed E-state index contributed by atoms with van der Waals surface area (Å²) in [6.07, 6.45) is 1.62. The molecule has 5 heteroatoms. The molecule has 2 unspecified atom stereocenters. The van der Waals surface area contributed by atoms with Crippen LogP contribution in [-0.2, 0) is 6.54 Å². The van der Waals surface area contributed by atoms with Gasteiger partial charge in [0.05, 0.1) is 18.4 Å². The van der Waals surface area contributed by atoms with Gasteiger partial charge >= 0.3 is 0 Å².